The molecule has 2 aromatic rings. The predicted octanol–water partition coefficient (Wildman–Crippen LogP) is -1.84. The molecule has 0 aromatic carbocycles. The van der Waals surface area contributed by atoms with Crippen LogP contribution in [0, 0.1) is 13.8 Å². The third-order valence-corrected chi connectivity index (χ3v) is 3.45. The zero-order valence-corrected chi connectivity index (χ0v) is 13.3. The first-order chi connectivity index (χ1) is 8.02. The summed E-state index contributed by atoms with van der Waals surface area (Å²) >= 11 is 0.966. The number of rotatable bonds is 2. The molecule has 0 aliphatic carbocycles. The molecule has 0 spiro atoms. The molecule has 0 bridgehead atoms. The van der Waals surface area contributed by atoms with E-state index in [9.17, 15) is 9.59 Å². The zero-order valence-electron chi connectivity index (χ0n) is 10.3. The summed E-state index contributed by atoms with van der Waals surface area (Å²) in [4.78, 5) is 22.9. The minimum absolute atomic E-state index is 0. The molecule has 0 aliphatic heterocycles. The summed E-state index contributed by atoms with van der Waals surface area (Å²) in [6, 6.07) is 2.04. The van der Waals surface area contributed by atoms with Crippen molar-refractivity contribution in [1.82, 2.24) is 4.57 Å². The Morgan fingerprint density at radius 1 is 1.28 bits per heavy atom. The molecule has 0 saturated carbocycles. The van der Waals surface area contributed by atoms with Crippen molar-refractivity contribution in [1.29, 1.82) is 0 Å². The van der Waals surface area contributed by atoms with Crippen LogP contribution in [0.1, 0.15) is 20.8 Å². The first-order valence-corrected chi connectivity index (χ1v) is 5.99. The highest BCUT2D eigenvalue weighted by Crippen LogP contribution is 2.10. The summed E-state index contributed by atoms with van der Waals surface area (Å²) < 4.78 is 3.32. The van der Waals surface area contributed by atoms with E-state index in [1.54, 1.807) is 7.05 Å². The predicted molar refractivity (Wildman–Crippen MR) is 66.0 cm³/mol. The summed E-state index contributed by atoms with van der Waals surface area (Å²) in [5.41, 5.74) is 2.17. The van der Waals surface area contributed by atoms with E-state index in [4.69, 9.17) is 0 Å². The standard InChI is InChI=1S/C12H13N2O2S.HI/c1-8-4-9(2)6-14(5-8)11-10(7-15)17-12(16)13(11)3;/h4-7H,1-3H3;1H/q+1;/p-1. The fraction of sp³-hybridized carbons (Fsp3) is 0.250. The lowest BCUT2D eigenvalue weighted by Crippen LogP contribution is -3.00. The van der Waals surface area contributed by atoms with Crippen molar-refractivity contribution in [2.75, 3.05) is 0 Å². The Morgan fingerprint density at radius 3 is 2.33 bits per heavy atom. The fourth-order valence-electron chi connectivity index (χ4n) is 1.87. The lowest BCUT2D eigenvalue weighted by Gasteiger charge is -2.02. The smallest absolute Gasteiger partial charge is 0.392 e. The molecule has 0 fully saturated rings. The number of aromatic nitrogens is 2. The third kappa shape index (κ3) is 2.69. The summed E-state index contributed by atoms with van der Waals surface area (Å²) in [5, 5.41) is 0. The van der Waals surface area contributed by atoms with Gasteiger partial charge in [-0.1, -0.05) is 0 Å². The number of hydrogen-bond donors (Lipinski definition) is 0. The highest BCUT2D eigenvalue weighted by molar-refractivity contribution is 7.11. The van der Waals surface area contributed by atoms with E-state index in [-0.39, 0.29) is 28.8 Å². The van der Waals surface area contributed by atoms with Gasteiger partial charge < -0.3 is 24.0 Å². The monoisotopic (exact) mass is 376 g/mol. The van der Waals surface area contributed by atoms with Gasteiger partial charge in [-0.05, 0) is 42.4 Å². The minimum atomic E-state index is -0.131. The van der Waals surface area contributed by atoms with Crippen molar-refractivity contribution >= 4 is 17.6 Å². The SMILES string of the molecule is Cc1cc(C)c[n+](-c2c(C=O)sc(=O)n2C)c1.[I-]. The highest BCUT2D eigenvalue weighted by atomic mass is 127. The summed E-state index contributed by atoms with van der Waals surface area (Å²) in [6.45, 7) is 3.96. The Labute approximate surface area is 126 Å². The van der Waals surface area contributed by atoms with E-state index in [2.05, 4.69) is 0 Å². The summed E-state index contributed by atoms with van der Waals surface area (Å²) in [5.74, 6) is 0.627. The largest absolute Gasteiger partial charge is 1.00 e. The normalized spacial score (nSPS) is 9.94. The molecule has 18 heavy (non-hydrogen) atoms. The molecule has 96 valence electrons. The number of thiazole rings is 1. The van der Waals surface area contributed by atoms with Crippen molar-refractivity contribution in [2.45, 2.75) is 13.8 Å². The van der Waals surface area contributed by atoms with Crippen LogP contribution in [0.5, 0.6) is 0 Å². The maximum absolute atomic E-state index is 11.6. The van der Waals surface area contributed by atoms with Crippen LogP contribution in [-0.4, -0.2) is 10.9 Å². The zero-order chi connectivity index (χ0) is 12.6. The molecule has 2 heterocycles. The van der Waals surface area contributed by atoms with Crippen molar-refractivity contribution in [2.24, 2.45) is 7.05 Å². The molecule has 0 atom stereocenters. The summed E-state index contributed by atoms with van der Waals surface area (Å²) in [6.07, 6.45) is 4.54. The quantitative estimate of drug-likeness (QED) is 0.351. The van der Waals surface area contributed by atoms with E-state index in [0.717, 1.165) is 28.7 Å². The Morgan fingerprint density at radius 2 is 1.83 bits per heavy atom. The number of halogens is 1. The Bertz CT molecular complexity index is 626. The van der Waals surface area contributed by atoms with Crippen LogP contribution in [0.25, 0.3) is 5.82 Å². The van der Waals surface area contributed by atoms with Gasteiger partial charge in [0.15, 0.2) is 11.2 Å². The number of aldehydes is 1. The molecule has 4 nitrogen and oxygen atoms in total. The molecule has 0 N–H and O–H groups in total. The van der Waals surface area contributed by atoms with Gasteiger partial charge in [-0.25, -0.2) is 9.36 Å². The Hall–Kier alpha value is -1.02. The average molecular weight is 376 g/mol. The van der Waals surface area contributed by atoms with Gasteiger partial charge in [-0.2, -0.15) is 4.57 Å². The van der Waals surface area contributed by atoms with Crippen molar-refractivity contribution in [3.63, 3.8) is 0 Å². The topological polar surface area (TPSA) is 42.9 Å². The number of carbonyl (C=O) groups is 1. The van der Waals surface area contributed by atoms with E-state index in [1.807, 2.05) is 36.9 Å². The van der Waals surface area contributed by atoms with Crippen LogP contribution in [-0.2, 0) is 7.05 Å². The Kier molecular flexibility index (Phi) is 4.80. The molecule has 0 amide bonds. The van der Waals surface area contributed by atoms with Crippen LogP contribution in [0.2, 0.25) is 0 Å². The second-order valence-electron chi connectivity index (χ2n) is 4.03. The van der Waals surface area contributed by atoms with Gasteiger partial charge >= 0.3 is 10.7 Å². The van der Waals surface area contributed by atoms with Crippen molar-refractivity contribution < 1.29 is 33.3 Å². The number of aryl methyl sites for hydroxylation is 2. The molecule has 0 saturated heterocycles. The fourth-order valence-corrected chi connectivity index (χ4v) is 2.66. The second-order valence-corrected chi connectivity index (χ2v) is 5.02. The van der Waals surface area contributed by atoms with E-state index >= 15 is 0 Å². The van der Waals surface area contributed by atoms with Crippen LogP contribution >= 0.6 is 11.3 Å². The maximum Gasteiger partial charge on any atom is 0.392 e. The van der Waals surface area contributed by atoms with E-state index in [1.165, 1.54) is 4.57 Å². The molecular formula is C12H13IN2O2S. The van der Waals surface area contributed by atoms with Gasteiger partial charge in [0.2, 0.25) is 0 Å². The molecule has 2 aromatic heterocycles. The van der Waals surface area contributed by atoms with Crippen molar-refractivity contribution in [3.05, 3.63) is 44.1 Å². The molecule has 6 heteroatoms. The van der Waals surface area contributed by atoms with Crippen LogP contribution in [0.15, 0.2) is 23.3 Å². The third-order valence-electron chi connectivity index (χ3n) is 2.50. The lowest BCUT2D eigenvalue weighted by atomic mass is 10.2. The van der Waals surface area contributed by atoms with Gasteiger partial charge in [0, 0.05) is 0 Å². The number of carbonyl (C=O) groups excluding carboxylic acids is 1. The summed E-state index contributed by atoms with van der Waals surface area (Å²) in [7, 11) is 1.67. The molecule has 2 rings (SSSR count). The maximum atomic E-state index is 11.6. The first kappa shape index (κ1) is 15.0. The Balaban J connectivity index is 0.00000162. The van der Waals surface area contributed by atoms with Crippen LogP contribution < -0.4 is 33.4 Å². The van der Waals surface area contributed by atoms with Gasteiger partial charge in [0.1, 0.15) is 0 Å². The van der Waals surface area contributed by atoms with Crippen LogP contribution in [0.3, 0.4) is 0 Å². The number of pyridine rings is 1. The van der Waals surface area contributed by atoms with Gasteiger partial charge in [-0.15, -0.1) is 0 Å². The second kappa shape index (κ2) is 5.75. The minimum Gasteiger partial charge on any atom is -1.00 e. The van der Waals surface area contributed by atoms with Crippen LogP contribution in [0.4, 0.5) is 0 Å². The number of hydrogen-bond acceptors (Lipinski definition) is 3. The molecular weight excluding hydrogens is 363 g/mol. The van der Waals surface area contributed by atoms with Crippen molar-refractivity contribution in [3.8, 4) is 5.82 Å². The molecule has 0 unspecified atom stereocenters. The van der Waals surface area contributed by atoms with E-state index < -0.39 is 0 Å². The number of nitrogens with zero attached hydrogens (tertiary/aromatic N) is 2. The average Bonchev–Trinajstić information content (AvgIpc) is 2.53. The highest BCUT2D eigenvalue weighted by Gasteiger charge is 2.21. The lowest BCUT2D eigenvalue weighted by molar-refractivity contribution is -0.602. The first-order valence-electron chi connectivity index (χ1n) is 5.18. The van der Waals surface area contributed by atoms with Gasteiger partial charge in [0.25, 0.3) is 0 Å². The van der Waals surface area contributed by atoms with Gasteiger partial charge in [-0.3, -0.25) is 4.79 Å². The van der Waals surface area contributed by atoms with Gasteiger partial charge in [0.05, 0.1) is 19.4 Å². The van der Waals surface area contributed by atoms with E-state index in [0.29, 0.717) is 10.7 Å². The molecule has 0 radical (unpaired) electrons. The molecule has 0 aliphatic rings.